The van der Waals surface area contributed by atoms with Crippen LogP contribution in [0.25, 0.3) is 39.7 Å². The average molecular weight is 494 g/mol. The molecule has 0 spiro atoms. The number of nitrogens with one attached hydrogen (secondary N) is 1. The predicted octanol–water partition coefficient (Wildman–Crippen LogP) is 4.55. The number of fused-ring (bicyclic) bond motifs is 1. The van der Waals surface area contributed by atoms with Crippen molar-refractivity contribution < 1.29 is 13.6 Å². The Bertz CT molecular complexity index is 1750. The molecule has 182 valence electrons. The maximum Gasteiger partial charge on any atom is 0.278 e. The SMILES string of the molecule is Cc1nc(-c2ccc(F)cc2)c(-c2ccc3nc(NC(=O)c4coc(-c5ccncc5)n4)cn3n2)n1C. The lowest BCUT2D eigenvalue weighted by Gasteiger charge is -2.07. The normalized spacial score (nSPS) is 11.2. The zero-order valence-electron chi connectivity index (χ0n) is 19.8. The van der Waals surface area contributed by atoms with Crippen LogP contribution in [0.3, 0.4) is 0 Å². The van der Waals surface area contributed by atoms with Gasteiger partial charge in [0.05, 0.1) is 17.6 Å². The van der Waals surface area contributed by atoms with E-state index in [0.717, 1.165) is 17.1 Å². The average Bonchev–Trinajstić information content (AvgIpc) is 3.62. The van der Waals surface area contributed by atoms with Crippen LogP contribution in [0.4, 0.5) is 10.2 Å². The molecule has 1 amide bonds. The molecule has 0 unspecified atom stereocenters. The molecule has 0 radical (unpaired) electrons. The molecule has 5 heterocycles. The first-order valence-corrected chi connectivity index (χ1v) is 11.3. The van der Waals surface area contributed by atoms with Gasteiger partial charge in [-0.25, -0.2) is 23.9 Å². The van der Waals surface area contributed by atoms with Crippen molar-refractivity contribution in [3.8, 4) is 34.1 Å². The number of halogens is 1. The summed E-state index contributed by atoms with van der Waals surface area (Å²) in [4.78, 5) is 30.1. The fraction of sp³-hybridized carbons (Fsp3) is 0.0769. The van der Waals surface area contributed by atoms with Crippen molar-refractivity contribution in [2.24, 2.45) is 7.05 Å². The van der Waals surface area contributed by atoms with Crippen LogP contribution in [-0.2, 0) is 7.05 Å². The van der Waals surface area contributed by atoms with E-state index < -0.39 is 5.91 Å². The van der Waals surface area contributed by atoms with Crippen molar-refractivity contribution in [2.45, 2.75) is 6.92 Å². The van der Waals surface area contributed by atoms with Gasteiger partial charge in [0.1, 0.15) is 23.6 Å². The highest BCUT2D eigenvalue weighted by atomic mass is 19.1. The van der Waals surface area contributed by atoms with Crippen LogP contribution >= 0.6 is 0 Å². The van der Waals surface area contributed by atoms with Gasteiger partial charge in [0.2, 0.25) is 5.89 Å². The zero-order valence-corrected chi connectivity index (χ0v) is 19.8. The van der Waals surface area contributed by atoms with Crippen molar-refractivity contribution in [3.05, 3.63) is 90.7 Å². The minimum absolute atomic E-state index is 0.117. The lowest BCUT2D eigenvalue weighted by Crippen LogP contribution is -2.12. The molecule has 5 aromatic heterocycles. The van der Waals surface area contributed by atoms with E-state index in [1.165, 1.54) is 18.4 Å². The highest BCUT2D eigenvalue weighted by Gasteiger charge is 2.19. The molecule has 0 aliphatic heterocycles. The Balaban J connectivity index is 1.29. The maximum absolute atomic E-state index is 13.5. The molecule has 37 heavy (non-hydrogen) atoms. The molecular formula is C26H19FN8O2. The standard InChI is InChI=1S/C26H19FN8O2/c1-15-29-23(16-3-5-18(27)6-4-16)24(34(15)2)19-7-8-22-31-21(13-35(22)33-19)32-25(36)20-14-37-26(30-20)17-9-11-28-12-10-17/h3-14H,1-2H3,(H,32,36). The van der Waals surface area contributed by atoms with Gasteiger partial charge < -0.3 is 14.3 Å². The summed E-state index contributed by atoms with van der Waals surface area (Å²) in [6.07, 6.45) is 6.14. The van der Waals surface area contributed by atoms with Crippen LogP contribution in [-0.4, -0.2) is 40.0 Å². The number of amides is 1. The minimum atomic E-state index is -0.464. The van der Waals surface area contributed by atoms with E-state index in [9.17, 15) is 9.18 Å². The van der Waals surface area contributed by atoms with E-state index in [4.69, 9.17) is 9.52 Å². The van der Waals surface area contributed by atoms with Crippen molar-refractivity contribution in [2.75, 3.05) is 5.32 Å². The fourth-order valence-corrected chi connectivity index (χ4v) is 3.97. The van der Waals surface area contributed by atoms with Gasteiger partial charge in [-0.1, -0.05) is 0 Å². The van der Waals surface area contributed by atoms with Crippen LogP contribution in [0.15, 0.2) is 77.8 Å². The van der Waals surface area contributed by atoms with Crippen LogP contribution in [0.5, 0.6) is 0 Å². The number of aryl methyl sites for hydroxylation is 1. The zero-order chi connectivity index (χ0) is 25.5. The summed E-state index contributed by atoms with van der Waals surface area (Å²) in [5.41, 5.74) is 4.26. The molecule has 11 heteroatoms. The Morgan fingerprint density at radius 1 is 0.973 bits per heavy atom. The van der Waals surface area contributed by atoms with Gasteiger partial charge in [0.25, 0.3) is 5.91 Å². The van der Waals surface area contributed by atoms with Gasteiger partial charge in [-0.2, -0.15) is 5.10 Å². The lowest BCUT2D eigenvalue weighted by molar-refractivity contribution is 0.102. The van der Waals surface area contributed by atoms with Crippen molar-refractivity contribution in [3.63, 3.8) is 0 Å². The molecule has 0 aliphatic carbocycles. The first-order chi connectivity index (χ1) is 18.0. The summed E-state index contributed by atoms with van der Waals surface area (Å²) < 4.78 is 22.4. The minimum Gasteiger partial charge on any atom is -0.444 e. The number of imidazole rings is 2. The summed E-state index contributed by atoms with van der Waals surface area (Å²) >= 11 is 0. The third kappa shape index (κ3) is 4.12. The highest BCUT2D eigenvalue weighted by molar-refractivity contribution is 6.02. The summed E-state index contributed by atoms with van der Waals surface area (Å²) in [6, 6.07) is 13.3. The van der Waals surface area contributed by atoms with Gasteiger partial charge in [-0.15, -0.1) is 0 Å². The van der Waals surface area contributed by atoms with Gasteiger partial charge in [-0.3, -0.25) is 9.78 Å². The number of carbonyl (C=O) groups excluding carboxylic acids is 1. The number of hydrogen-bond donors (Lipinski definition) is 1. The highest BCUT2D eigenvalue weighted by Crippen LogP contribution is 2.31. The molecule has 0 aliphatic rings. The van der Waals surface area contributed by atoms with Gasteiger partial charge in [-0.05, 0) is 55.5 Å². The quantitative estimate of drug-likeness (QED) is 0.374. The number of oxazole rings is 1. The summed E-state index contributed by atoms with van der Waals surface area (Å²) in [6.45, 7) is 1.89. The lowest BCUT2D eigenvalue weighted by atomic mass is 10.1. The van der Waals surface area contributed by atoms with Gasteiger partial charge in [0.15, 0.2) is 17.2 Å². The predicted molar refractivity (Wildman–Crippen MR) is 133 cm³/mol. The molecule has 0 fully saturated rings. The topological polar surface area (TPSA) is 116 Å². The Labute approximate surface area is 209 Å². The smallest absolute Gasteiger partial charge is 0.278 e. The van der Waals surface area contributed by atoms with E-state index in [1.54, 1.807) is 53.4 Å². The van der Waals surface area contributed by atoms with E-state index >= 15 is 0 Å². The van der Waals surface area contributed by atoms with Crippen LogP contribution < -0.4 is 5.32 Å². The second-order valence-corrected chi connectivity index (χ2v) is 8.30. The molecule has 0 saturated heterocycles. The molecule has 1 N–H and O–H groups in total. The summed E-state index contributed by atoms with van der Waals surface area (Å²) in [5.74, 6) is 0.632. The number of hydrogen-bond acceptors (Lipinski definition) is 7. The van der Waals surface area contributed by atoms with Crippen LogP contribution in [0.2, 0.25) is 0 Å². The Hall–Kier alpha value is -5.19. The second kappa shape index (κ2) is 8.79. The van der Waals surface area contributed by atoms with Crippen LogP contribution in [0.1, 0.15) is 16.3 Å². The first kappa shape index (κ1) is 22.3. The fourth-order valence-electron chi connectivity index (χ4n) is 3.97. The van der Waals surface area contributed by atoms with Crippen molar-refractivity contribution >= 4 is 17.4 Å². The molecule has 0 saturated carbocycles. The number of carbonyl (C=O) groups is 1. The van der Waals surface area contributed by atoms with E-state index in [0.29, 0.717) is 34.3 Å². The Morgan fingerprint density at radius 3 is 2.54 bits per heavy atom. The third-order valence-electron chi connectivity index (χ3n) is 5.90. The third-order valence-corrected chi connectivity index (χ3v) is 5.90. The Morgan fingerprint density at radius 2 is 1.76 bits per heavy atom. The van der Waals surface area contributed by atoms with Gasteiger partial charge in [0, 0.05) is 30.6 Å². The van der Waals surface area contributed by atoms with E-state index in [2.05, 4.69) is 25.3 Å². The summed E-state index contributed by atoms with van der Waals surface area (Å²) in [5, 5.41) is 7.43. The largest absolute Gasteiger partial charge is 0.444 e. The molecule has 6 rings (SSSR count). The second-order valence-electron chi connectivity index (χ2n) is 8.30. The molecular weight excluding hydrogens is 475 g/mol. The number of nitrogens with zero attached hydrogens (tertiary/aromatic N) is 7. The molecule has 0 atom stereocenters. The van der Waals surface area contributed by atoms with E-state index in [1.807, 2.05) is 24.6 Å². The number of anilines is 1. The molecule has 6 aromatic rings. The number of pyridine rings is 1. The van der Waals surface area contributed by atoms with E-state index in [-0.39, 0.29) is 11.5 Å². The van der Waals surface area contributed by atoms with Crippen molar-refractivity contribution in [1.29, 1.82) is 0 Å². The molecule has 10 nitrogen and oxygen atoms in total. The van der Waals surface area contributed by atoms with Crippen molar-refractivity contribution in [1.82, 2.24) is 34.1 Å². The Kier molecular flexibility index (Phi) is 5.29. The first-order valence-electron chi connectivity index (χ1n) is 11.3. The number of benzene rings is 1. The monoisotopic (exact) mass is 494 g/mol. The van der Waals surface area contributed by atoms with Crippen LogP contribution in [0, 0.1) is 12.7 Å². The molecule has 0 bridgehead atoms. The summed E-state index contributed by atoms with van der Waals surface area (Å²) in [7, 11) is 1.90. The van der Waals surface area contributed by atoms with Gasteiger partial charge >= 0.3 is 0 Å². The number of rotatable bonds is 5. The number of aromatic nitrogens is 7. The molecule has 1 aromatic carbocycles. The maximum atomic E-state index is 13.5.